The molecule has 2 amide bonds. The van der Waals surface area contributed by atoms with Gasteiger partial charge in [0.15, 0.2) is 0 Å². The zero-order valence-corrected chi connectivity index (χ0v) is 42.0. The van der Waals surface area contributed by atoms with Gasteiger partial charge in [0.25, 0.3) is 0 Å². The van der Waals surface area contributed by atoms with E-state index in [9.17, 15) is 9.59 Å². The van der Waals surface area contributed by atoms with Gasteiger partial charge in [-0.25, -0.2) is 0 Å². The van der Waals surface area contributed by atoms with Crippen LogP contribution in [-0.4, -0.2) is 30.1 Å². The van der Waals surface area contributed by atoms with Crippen molar-refractivity contribution < 1.29 is 9.59 Å². The highest BCUT2D eigenvalue weighted by atomic mass is 79.9. The number of carbonyl (C=O) groups excluding carboxylic acids is 2. The minimum atomic E-state index is 0.0352. The summed E-state index contributed by atoms with van der Waals surface area (Å²) < 4.78 is 11.4. The molecule has 0 fully saturated rings. The zero-order valence-electron chi connectivity index (χ0n) is 38.9. The number of hydrogen-bond donors (Lipinski definition) is 2. The normalized spacial score (nSPS) is 11.7. The van der Waals surface area contributed by atoms with Crippen LogP contribution in [0.15, 0.2) is 155 Å². The lowest BCUT2D eigenvalue weighted by Crippen LogP contribution is -2.11. The van der Waals surface area contributed by atoms with Gasteiger partial charge in [0, 0.05) is 100 Å². The number of nitrogens with one attached hydrogen (secondary N) is 2. The Hall–Kier alpha value is -6.62. The predicted molar refractivity (Wildman–Crippen MR) is 289 cm³/mol. The van der Waals surface area contributed by atoms with Crippen molar-refractivity contribution in [3.8, 4) is 22.7 Å². The summed E-state index contributed by atoms with van der Waals surface area (Å²) in [5.74, 6) is 0.0704. The molecule has 4 aromatic heterocycles. The highest BCUT2D eigenvalue weighted by Crippen LogP contribution is 2.37. The number of unbranched alkanes of at least 4 members (excludes halogenated alkanes) is 5. The summed E-state index contributed by atoms with van der Waals surface area (Å²) in [5.41, 5.74) is 15.3. The van der Waals surface area contributed by atoms with Gasteiger partial charge < -0.3 is 28.9 Å². The molecule has 0 spiro atoms. The second-order valence-electron chi connectivity index (χ2n) is 18.1. The molecule has 4 heterocycles. The van der Waals surface area contributed by atoms with Crippen molar-refractivity contribution in [3.63, 3.8) is 0 Å². The summed E-state index contributed by atoms with van der Waals surface area (Å²) in [6.45, 7) is 8.61. The fourth-order valence-corrected chi connectivity index (χ4v) is 10.7. The number of halogens is 2. The third-order valence-corrected chi connectivity index (χ3v) is 14.3. The van der Waals surface area contributed by atoms with Crippen molar-refractivity contribution in [2.45, 2.75) is 79.1 Å². The lowest BCUT2D eigenvalue weighted by Gasteiger charge is -2.12. The minimum absolute atomic E-state index is 0.0352. The van der Waals surface area contributed by atoms with Crippen LogP contribution in [0, 0.1) is 27.7 Å². The van der Waals surface area contributed by atoms with Gasteiger partial charge in [-0.05, 0) is 174 Å². The smallest absolute Gasteiger partial charge is 0.224 e. The van der Waals surface area contributed by atoms with Crippen molar-refractivity contribution in [1.82, 2.24) is 18.3 Å². The van der Waals surface area contributed by atoms with E-state index in [1.54, 1.807) is 0 Å². The number of carbonyl (C=O) groups is 2. The van der Waals surface area contributed by atoms with Crippen LogP contribution in [0.3, 0.4) is 0 Å². The largest absolute Gasteiger partial charge is 0.326 e. The monoisotopic (exact) mass is 1020 g/mol. The molecule has 10 heteroatoms. The average molecular weight is 1030 g/mol. The first-order valence-electron chi connectivity index (χ1n) is 23.6. The van der Waals surface area contributed by atoms with E-state index in [1.165, 1.54) is 55.0 Å². The Kier molecular flexibility index (Phi) is 12.7. The van der Waals surface area contributed by atoms with Gasteiger partial charge in [-0.3, -0.25) is 9.59 Å². The van der Waals surface area contributed by atoms with Crippen LogP contribution < -0.4 is 10.6 Å². The first kappa shape index (κ1) is 45.2. The average Bonchev–Trinajstić information content (AvgIpc) is 4.06. The summed E-state index contributed by atoms with van der Waals surface area (Å²) >= 11 is 7.14. The van der Waals surface area contributed by atoms with Crippen LogP contribution in [0.4, 0.5) is 11.4 Å². The number of anilines is 2. The van der Waals surface area contributed by atoms with Gasteiger partial charge in [-0.2, -0.15) is 0 Å². The lowest BCUT2D eigenvalue weighted by atomic mass is 10.1. The molecule has 6 aromatic carbocycles. The molecule has 0 aliphatic heterocycles. The molecule has 0 aliphatic rings. The van der Waals surface area contributed by atoms with Crippen molar-refractivity contribution in [3.05, 3.63) is 177 Å². The quantitative estimate of drug-likeness (QED) is 0.100. The molecular weight excluding hydrogens is 972 g/mol. The van der Waals surface area contributed by atoms with E-state index < -0.39 is 0 Å². The number of rotatable bonds is 15. The van der Waals surface area contributed by atoms with Crippen molar-refractivity contribution in [1.29, 1.82) is 0 Å². The summed E-state index contributed by atoms with van der Waals surface area (Å²) in [6.07, 6.45) is 6.72. The van der Waals surface area contributed by atoms with Crippen LogP contribution >= 0.6 is 31.9 Å². The molecule has 68 heavy (non-hydrogen) atoms. The van der Waals surface area contributed by atoms with E-state index in [4.69, 9.17) is 0 Å². The maximum Gasteiger partial charge on any atom is 0.224 e. The molecule has 10 aromatic rings. The van der Waals surface area contributed by atoms with Crippen LogP contribution in [0.2, 0.25) is 0 Å². The highest BCUT2D eigenvalue weighted by Gasteiger charge is 2.18. The molecule has 0 atom stereocenters. The predicted octanol–water partition coefficient (Wildman–Crippen LogP) is 15.9. The van der Waals surface area contributed by atoms with Crippen molar-refractivity contribution >= 4 is 98.7 Å². The fourth-order valence-electron chi connectivity index (χ4n) is 10.1. The number of amides is 2. The molecule has 0 aliphatic carbocycles. The van der Waals surface area contributed by atoms with Gasteiger partial charge in [0.05, 0.1) is 22.1 Å². The van der Waals surface area contributed by atoms with Crippen LogP contribution in [-0.2, 0) is 9.59 Å². The summed E-state index contributed by atoms with van der Waals surface area (Å²) in [6, 6.07) is 51.1. The van der Waals surface area contributed by atoms with Crippen LogP contribution in [0.25, 0.3) is 66.4 Å². The van der Waals surface area contributed by atoms with Gasteiger partial charge >= 0.3 is 0 Å². The molecule has 0 saturated carbocycles. The highest BCUT2D eigenvalue weighted by molar-refractivity contribution is 9.10. The Morgan fingerprint density at radius 3 is 1.10 bits per heavy atom. The fraction of sp³-hybridized carbons (Fsp3) is 0.207. The SMILES string of the molecule is Cc1cc2c(ccc3cc(C)n(-c4ccc(NC(=O)CCCCCCCCC(=O)Nc5ccc(-n6c(C)cc7ccc8c(cc(C)n8-c8ccc(Br)cc8)c76)cc5)cc4)c32)n1-c1ccc(Br)cc1. The van der Waals surface area contributed by atoms with Crippen molar-refractivity contribution in [2.75, 3.05) is 10.6 Å². The van der Waals surface area contributed by atoms with Crippen LogP contribution in [0.1, 0.15) is 74.1 Å². The standard InChI is InChI=1S/C58H54Br2N6O2/c1-37-33-41-13-31-53-51(35-39(3)63(53)47-23-15-43(59)16-24-47)57(41)65(37)49-27-19-45(20-28-49)61-55(67)11-9-7-5-6-8-10-12-56(68)62-46-21-29-50(30-22-46)66-38(2)34-42-14-32-54-52(58(42)66)36-40(4)64(54)48-25-17-44(60)18-26-48/h13-36H,5-12H2,1-4H3,(H,61,67)(H,62,68). The molecule has 8 nitrogen and oxygen atoms in total. The van der Waals surface area contributed by atoms with Gasteiger partial charge in [0.1, 0.15) is 0 Å². The maximum atomic E-state index is 12.9. The molecule has 2 N–H and O–H groups in total. The summed E-state index contributed by atoms with van der Waals surface area (Å²) in [7, 11) is 0. The summed E-state index contributed by atoms with van der Waals surface area (Å²) in [5, 5.41) is 11.0. The third kappa shape index (κ3) is 8.95. The van der Waals surface area contributed by atoms with E-state index in [0.717, 1.165) is 93.0 Å². The molecule has 0 unspecified atom stereocenters. The number of nitrogens with zero attached hydrogens (tertiary/aromatic N) is 4. The van der Waals surface area contributed by atoms with E-state index in [1.807, 2.05) is 24.3 Å². The first-order valence-corrected chi connectivity index (χ1v) is 25.2. The number of aromatic nitrogens is 4. The summed E-state index contributed by atoms with van der Waals surface area (Å²) in [4.78, 5) is 25.8. The Morgan fingerprint density at radius 2 is 0.721 bits per heavy atom. The second-order valence-corrected chi connectivity index (χ2v) is 20.0. The van der Waals surface area contributed by atoms with Crippen molar-refractivity contribution in [2.24, 2.45) is 0 Å². The third-order valence-electron chi connectivity index (χ3n) is 13.3. The Labute approximate surface area is 413 Å². The van der Waals surface area contributed by atoms with E-state index in [-0.39, 0.29) is 11.8 Å². The number of hydrogen-bond acceptors (Lipinski definition) is 2. The maximum absolute atomic E-state index is 12.9. The van der Waals surface area contributed by atoms with Gasteiger partial charge in [0.2, 0.25) is 11.8 Å². The van der Waals surface area contributed by atoms with Gasteiger partial charge in [-0.1, -0.05) is 69.7 Å². The Morgan fingerprint density at radius 1 is 0.397 bits per heavy atom. The van der Waals surface area contributed by atoms with Crippen LogP contribution in [0.5, 0.6) is 0 Å². The number of fused-ring (bicyclic) bond motifs is 6. The van der Waals surface area contributed by atoms with E-state index >= 15 is 0 Å². The molecular formula is C58H54Br2N6O2. The lowest BCUT2D eigenvalue weighted by molar-refractivity contribution is -0.117. The minimum Gasteiger partial charge on any atom is -0.326 e. The molecule has 10 rings (SSSR count). The number of aryl methyl sites for hydroxylation is 4. The Bertz CT molecular complexity index is 3250. The topological polar surface area (TPSA) is 77.9 Å². The van der Waals surface area contributed by atoms with Gasteiger partial charge in [-0.15, -0.1) is 0 Å². The zero-order chi connectivity index (χ0) is 47.1. The molecule has 0 radical (unpaired) electrons. The second kappa shape index (κ2) is 19.2. The molecule has 0 saturated heterocycles. The molecule has 342 valence electrons. The first-order chi connectivity index (χ1) is 33.0. The van der Waals surface area contributed by atoms with E-state index in [2.05, 4.69) is 210 Å². The Balaban J connectivity index is 0.673. The van der Waals surface area contributed by atoms with E-state index in [0.29, 0.717) is 12.8 Å². The number of benzene rings is 6. The molecule has 0 bridgehead atoms.